The third-order valence-electron chi connectivity index (χ3n) is 5.10. The molecule has 0 fully saturated rings. The Morgan fingerprint density at radius 1 is 1.26 bits per heavy atom. The molecule has 4 heterocycles. The zero-order valence-electron chi connectivity index (χ0n) is 18.2. The average molecular weight is 422 g/mol. The summed E-state index contributed by atoms with van der Waals surface area (Å²) in [4.78, 5) is 33.5. The van der Waals surface area contributed by atoms with Crippen LogP contribution in [0.4, 0.5) is 16.2 Å². The summed E-state index contributed by atoms with van der Waals surface area (Å²) in [6.07, 6.45) is 6.00. The molecule has 0 radical (unpaired) electrons. The number of anilines is 2. The lowest BCUT2D eigenvalue weighted by Crippen LogP contribution is -2.39. The minimum absolute atomic E-state index is 0.0565. The number of amides is 1. The van der Waals surface area contributed by atoms with E-state index in [0.717, 1.165) is 40.1 Å². The second kappa shape index (κ2) is 7.94. The molecule has 4 rings (SSSR count). The van der Waals surface area contributed by atoms with Crippen LogP contribution >= 0.6 is 0 Å². The second-order valence-electron chi connectivity index (χ2n) is 8.70. The minimum atomic E-state index is -0.502. The van der Waals surface area contributed by atoms with Crippen LogP contribution in [0.2, 0.25) is 0 Å². The van der Waals surface area contributed by atoms with Gasteiger partial charge in [-0.3, -0.25) is 4.79 Å². The smallest absolute Gasteiger partial charge is 0.410 e. The van der Waals surface area contributed by atoms with Gasteiger partial charge in [-0.2, -0.15) is 0 Å². The molecule has 0 bridgehead atoms. The third kappa shape index (κ3) is 4.63. The summed E-state index contributed by atoms with van der Waals surface area (Å²) in [6.45, 7) is 6.72. The minimum Gasteiger partial charge on any atom is -0.444 e. The van der Waals surface area contributed by atoms with Crippen molar-refractivity contribution in [2.75, 3.05) is 18.4 Å². The van der Waals surface area contributed by atoms with Crippen LogP contribution in [0, 0.1) is 0 Å². The van der Waals surface area contributed by atoms with Crippen LogP contribution in [0.1, 0.15) is 32.9 Å². The highest BCUT2D eigenvalue weighted by Gasteiger charge is 2.24. The fraction of sp³-hybridized carbons (Fsp3) is 0.348. The van der Waals surface area contributed by atoms with Crippen LogP contribution < -0.4 is 10.9 Å². The number of aromatic nitrogens is 3. The van der Waals surface area contributed by atoms with Gasteiger partial charge in [0.1, 0.15) is 11.2 Å². The van der Waals surface area contributed by atoms with Crippen LogP contribution in [0.15, 0.2) is 47.5 Å². The molecular formula is C23H27N5O3. The normalized spacial score (nSPS) is 14.5. The first-order valence-electron chi connectivity index (χ1n) is 10.3. The Morgan fingerprint density at radius 3 is 2.74 bits per heavy atom. The molecule has 0 spiro atoms. The fourth-order valence-electron chi connectivity index (χ4n) is 3.54. The number of fused-ring (bicyclic) bond motifs is 1. The molecule has 0 aromatic carbocycles. The van der Waals surface area contributed by atoms with Crippen molar-refractivity contribution in [3.05, 3.63) is 58.8 Å². The van der Waals surface area contributed by atoms with Crippen LogP contribution in [0.25, 0.3) is 16.6 Å². The van der Waals surface area contributed by atoms with E-state index in [1.54, 1.807) is 30.4 Å². The molecule has 162 valence electrons. The van der Waals surface area contributed by atoms with Crippen LogP contribution in [0.5, 0.6) is 0 Å². The van der Waals surface area contributed by atoms with Crippen LogP contribution in [0.3, 0.4) is 0 Å². The molecule has 3 aromatic rings. The predicted molar refractivity (Wildman–Crippen MR) is 121 cm³/mol. The molecule has 0 saturated heterocycles. The zero-order valence-corrected chi connectivity index (χ0v) is 18.2. The first kappa shape index (κ1) is 20.7. The summed E-state index contributed by atoms with van der Waals surface area (Å²) in [5.41, 5.74) is 4.07. The Morgan fingerprint density at radius 2 is 2.06 bits per heavy atom. The zero-order chi connectivity index (χ0) is 22.2. The molecule has 8 heteroatoms. The molecule has 1 aliphatic rings. The first-order chi connectivity index (χ1) is 14.7. The summed E-state index contributed by atoms with van der Waals surface area (Å²) >= 11 is 0. The third-order valence-corrected chi connectivity index (χ3v) is 5.10. The molecule has 2 N–H and O–H groups in total. The lowest BCUT2D eigenvalue weighted by molar-refractivity contribution is 0.0270. The number of aromatic amines is 1. The van der Waals surface area contributed by atoms with E-state index >= 15 is 0 Å². The Balaban J connectivity index is 1.55. The quantitative estimate of drug-likeness (QED) is 0.666. The Bertz CT molecular complexity index is 1220. The number of hydrogen-bond donors (Lipinski definition) is 2. The Kier molecular flexibility index (Phi) is 5.31. The lowest BCUT2D eigenvalue weighted by atomic mass is 10.0. The van der Waals surface area contributed by atoms with Crippen molar-refractivity contribution in [1.82, 2.24) is 19.4 Å². The van der Waals surface area contributed by atoms with E-state index in [1.165, 1.54) is 10.6 Å². The van der Waals surface area contributed by atoms with E-state index in [4.69, 9.17) is 4.74 Å². The van der Waals surface area contributed by atoms with Gasteiger partial charge in [-0.05, 0) is 51.0 Å². The number of carbonyl (C=O) groups excluding carboxylic acids is 1. The van der Waals surface area contributed by atoms with E-state index in [-0.39, 0.29) is 11.7 Å². The van der Waals surface area contributed by atoms with Crippen molar-refractivity contribution in [2.24, 2.45) is 7.05 Å². The Labute approximate surface area is 180 Å². The number of H-pyrrole nitrogens is 1. The first-order valence-corrected chi connectivity index (χ1v) is 10.3. The molecule has 8 nitrogen and oxygen atoms in total. The molecule has 0 saturated carbocycles. The average Bonchev–Trinajstić information content (AvgIpc) is 3.15. The van der Waals surface area contributed by atoms with Crippen molar-refractivity contribution >= 4 is 34.1 Å². The van der Waals surface area contributed by atoms with Gasteiger partial charge in [-0.1, -0.05) is 6.08 Å². The standard InChI is InChI=1S/C23H27N5O3/c1-23(2,3)31-22(30)28-11-8-15(9-12-28)19-13-17-18(7-10-24-21(17)26-19)25-16-5-6-20(29)27(4)14-16/h5-8,10,13-14H,9,11-12H2,1-4H3,(H2,24,25,26). The van der Waals surface area contributed by atoms with Gasteiger partial charge in [0.25, 0.3) is 0 Å². The van der Waals surface area contributed by atoms with Gasteiger partial charge in [-0.25, -0.2) is 9.78 Å². The summed E-state index contributed by atoms with van der Waals surface area (Å²) in [5, 5.41) is 4.33. The van der Waals surface area contributed by atoms with Gasteiger partial charge in [0.15, 0.2) is 0 Å². The SMILES string of the molecule is Cn1cc(Nc2ccnc3[nH]c(C4=CCN(C(=O)OC(C)(C)C)CC4)cc23)ccc1=O. The molecule has 31 heavy (non-hydrogen) atoms. The maximum absolute atomic E-state index is 12.3. The predicted octanol–water partition coefficient (Wildman–Crippen LogP) is 4.03. The van der Waals surface area contributed by atoms with E-state index in [2.05, 4.69) is 27.4 Å². The molecule has 1 aliphatic heterocycles. The summed E-state index contributed by atoms with van der Waals surface area (Å²) in [5.74, 6) is 0. The van der Waals surface area contributed by atoms with E-state index in [9.17, 15) is 9.59 Å². The Hall–Kier alpha value is -3.55. The number of ether oxygens (including phenoxy) is 1. The maximum Gasteiger partial charge on any atom is 0.410 e. The summed E-state index contributed by atoms with van der Waals surface area (Å²) in [6, 6.07) is 7.27. The molecule has 1 amide bonds. The van der Waals surface area contributed by atoms with Crippen LogP contribution in [-0.4, -0.2) is 44.2 Å². The molecular weight excluding hydrogens is 394 g/mol. The highest BCUT2D eigenvalue weighted by molar-refractivity contribution is 5.94. The number of rotatable bonds is 3. The lowest BCUT2D eigenvalue weighted by Gasteiger charge is -2.29. The topological polar surface area (TPSA) is 92.2 Å². The van der Waals surface area contributed by atoms with Crippen molar-refractivity contribution in [3.63, 3.8) is 0 Å². The molecule has 0 unspecified atom stereocenters. The summed E-state index contributed by atoms with van der Waals surface area (Å²) in [7, 11) is 1.72. The van der Waals surface area contributed by atoms with Crippen molar-refractivity contribution in [1.29, 1.82) is 0 Å². The number of aryl methyl sites for hydroxylation is 1. The molecule has 0 atom stereocenters. The van der Waals surface area contributed by atoms with Gasteiger partial charge in [0.2, 0.25) is 5.56 Å². The van der Waals surface area contributed by atoms with Gasteiger partial charge < -0.3 is 24.5 Å². The van der Waals surface area contributed by atoms with Gasteiger partial charge in [0.05, 0.1) is 11.4 Å². The molecule has 3 aromatic heterocycles. The van der Waals surface area contributed by atoms with Crippen molar-refractivity contribution in [3.8, 4) is 0 Å². The number of nitrogens with zero attached hydrogens (tertiary/aromatic N) is 3. The number of pyridine rings is 2. The van der Waals surface area contributed by atoms with E-state index < -0.39 is 5.60 Å². The number of carbonyl (C=O) groups is 1. The highest BCUT2D eigenvalue weighted by atomic mass is 16.6. The number of nitrogens with one attached hydrogen (secondary N) is 2. The largest absolute Gasteiger partial charge is 0.444 e. The van der Waals surface area contributed by atoms with E-state index in [0.29, 0.717) is 13.1 Å². The summed E-state index contributed by atoms with van der Waals surface area (Å²) < 4.78 is 7.00. The van der Waals surface area contributed by atoms with Crippen LogP contribution in [-0.2, 0) is 11.8 Å². The molecule has 0 aliphatic carbocycles. The van der Waals surface area contributed by atoms with Gasteiger partial charge >= 0.3 is 6.09 Å². The maximum atomic E-state index is 12.3. The monoisotopic (exact) mass is 421 g/mol. The van der Waals surface area contributed by atoms with E-state index in [1.807, 2.05) is 26.8 Å². The van der Waals surface area contributed by atoms with Gasteiger partial charge in [0, 0.05) is 49.7 Å². The number of hydrogen-bond acceptors (Lipinski definition) is 5. The fourth-order valence-corrected chi connectivity index (χ4v) is 3.54. The second-order valence-corrected chi connectivity index (χ2v) is 8.70. The van der Waals surface area contributed by atoms with Crippen molar-refractivity contribution in [2.45, 2.75) is 32.8 Å². The van der Waals surface area contributed by atoms with Crippen molar-refractivity contribution < 1.29 is 9.53 Å². The van der Waals surface area contributed by atoms with Gasteiger partial charge in [-0.15, -0.1) is 0 Å². The highest BCUT2D eigenvalue weighted by Crippen LogP contribution is 2.30.